The maximum Gasteiger partial charge on any atom is 0.0488 e. The number of aliphatic hydroxyl groups excluding tert-OH is 1. The SMILES string of the molecule is CCC1(CO)CCN(Cc2ccncc2)CC1. The molecule has 0 radical (unpaired) electrons. The molecule has 0 unspecified atom stereocenters. The molecule has 0 amide bonds. The second kappa shape index (κ2) is 5.61. The summed E-state index contributed by atoms with van der Waals surface area (Å²) in [6.07, 6.45) is 7.02. The zero-order valence-corrected chi connectivity index (χ0v) is 10.6. The van der Waals surface area contributed by atoms with Gasteiger partial charge in [0.15, 0.2) is 0 Å². The smallest absolute Gasteiger partial charge is 0.0488 e. The van der Waals surface area contributed by atoms with E-state index in [1.54, 1.807) is 0 Å². The van der Waals surface area contributed by atoms with Gasteiger partial charge in [0.2, 0.25) is 0 Å². The molecule has 1 aliphatic heterocycles. The average molecular weight is 234 g/mol. The number of likely N-dealkylation sites (tertiary alicyclic amines) is 1. The number of piperidine rings is 1. The van der Waals surface area contributed by atoms with Crippen LogP contribution in [0, 0.1) is 5.41 Å². The maximum atomic E-state index is 9.49. The Bertz CT molecular complexity index is 325. The second-order valence-corrected chi connectivity index (χ2v) is 5.14. The van der Waals surface area contributed by atoms with Crippen LogP contribution in [-0.2, 0) is 6.54 Å². The van der Waals surface area contributed by atoms with Gasteiger partial charge in [-0.25, -0.2) is 0 Å². The molecule has 0 bridgehead atoms. The topological polar surface area (TPSA) is 36.4 Å². The van der Waals surface area contributed by atoms with Crippen molar-refractivity contribution in [3.8, 4) is 0 Å². The Labute approximate surface area is 103 Å². The molecule has 0 aliphatic carbocycles. The van der Waals surface area contributed by atoms with Crippen LogP contribution in [0.25, 0.3) is 0 Å². The number of aromatic nitrogens is 1. The summed E-state index contributed by atoms with van der Waals surface area (Å²) in [5, 5.41) is 9.49. The molecule has 17 heavy (non-hydrogen) atoms. The highest BCUT2D eigenvalue weighted by Crippen LogP contribution is 2.34. The van der Waals surface area contributed by atoms with Crippen molar-refractivity contribution in [2.45, 2.75) is 32.7 Å². The van der Waals surface area contributed by atoms with Gasteiger partial charge in [0.25, 0.3) is 0 Å². The van der Waals surface area contributed by atoms with Gasteiger partial charge in [-0.05, 0) is 55.5 Å². The molecule has 1 aromatic rings. The molecule has 3 heteroatoms. The number of hydrogen-bond donors (Lipinski definition) is 1. The first kappa shape index (κ1) is 12.5. The van der Waals surface area contributed by atoms with Crippen LogP contribution < -0.4 is 0 Å². The van der Waals surface area contributed by atoms with Gasteiger partial charge in [-0.1, -0.05) is 6.92 Å². The predicted octanol–water partition coefficient (Wildman–Crippen LogP) is 2.07. The van der Waals surface area contributed by atoms with E-state index in [-0.39, 0.29) is 5.41 Å². The standard InChI is InChI=1S/C14H22N2O/c1-2-14(12-17)5-9-16(10-6-14)11-13-3-7-15-8-4-13/h3-4,7-8,17H,2,5-6,9-12H2,1H3. The molecule has 94 valence electrons. The number of nitrogens with zero attached hydrogens (tertiary/aromatic N) is 2. The van der Waals surface area contributed by atoms with Crippen LogP contribution in [0.3, 0.4) is 0 Å². The van der Waals surface area contributed by atoms with Crippen molar-refractivity contribution in [3.05, 3.63) is 30.1 Å². The van der Waals surface area contributed by atoms with Crippen molar-refractivity contribution >= 4 is 0 Å². The number of aliphatic hydroxyl groups is 1. The van der Waals surface area contributed by atoms with Gasteiger partial charge >= 0.3 is 0 Å². The van der Waals surface area contributed by atoms with Crippen molar-refractivity contribution in [2.24, 2.45) is 5.41 Å². The predicted molar refractivity (Wildman–Crippen MR) is 68.6 cm³/mol. The highest BCUT2D eigenvalue weighted by Gasteiger charge is 2.32. The fourth-order valence-electron chi connectivity index (χ4n) is 2.56. The van der Waals surface area contributed by atoms with E-state index in [4.69, 9.17) is 0 Å². The molecule has 1 fully saturated rings. The van der Waals surface area contributed by atoms with E-state index in [0.717, 1.165) is 38.9 Å². The Kier molecular flexibility index (Phi) is 4.13. The Morgan fingerprint density at radius 1 is 1.29 bits per heavy atom. The van der Waals surface area contributed by atoms with Crippen molar-refractivity contribution in [1.82, 2.24) is 9.88 Å². The van der Waals surface area contributed by atoms with Crippen LogP contribution in [0.5, 0.6) is 0 Å². The molecule has 0 spiro atoms. The van der Waals surface area contributed by atoms with Crippen LogP contribution in [0.4, 0.5) is 0 Å². The molecule has 0 saturated carbocycles. The minimum absolute atomic E-state index is 0.189. The number of pyridine rings is 1. The summed E-state index contributed by atoms with van der Waals surface area (Å²) in [7, 11) is 0. The van der Waals surface area contributed by atoms with Crippen LogP contribution in [0.1, 0.15) is 31.7 Å². The largest absolute Gasteiger partial charge is 0.396 e. The summed E-state index contributed by atoms with van der Waals surface area (Å²) in [6.45, 7) is 5.72. The fourth-order valence-corrected chi connectivity index (χ4v) is 2.56. The minimum Gasteiger partial charge on any atom is -0.396 e. The first-order valence-electron chi connectivity index (χ1n) is 6.50. The fraction of sp³-hybridized carbons (Fsp3) is 0.643. The van der Waals surface area contributed by atoms with E-state index in [1.807, 2.05) is 12.4 Å². The Morgan fingerprint density at radius 2 is 1.94 bits per heavy atom. The second-order valence-electron chi connectivity index (χ2n) is 5.14. The monoisotopic (exact) mass is 234 g/mol. The lowest BCUT2D eigenvalue weighted by atomic mass is 9.77. The van der Waals surface area contributed by atoms with E-state index < -0.39 is 0 Å². The van der Waals surface area contributed by atoms with Gasteiger partial charge in [0.1, 0.15) is 0 Å². The van der Waals surface area contributed by atoms with E-state index in [2.05, 4.69) is 28.9 Å². The number of hydrogen-bond acceptors (Lipinski definition) is 3. The highest BCUT2D eigenvalue weighted by molar-refractivity contribution is 5.09. The van der Waals surface area contributed by atoms with Gasteiger partial charge in [-0.15, -0.1) is 0 Å². The summed E-state index contributed by atoms with van der Waals surface area (Å²) in [5.41, 5.74) is 1.52. The van der Waals surface area contributed by atoms with Gasteiger partial charge in [0, 0.05) is 25.5 Å². The van der Waals surface area contributed by atoms with Crippen LogP contribution >= 0.6 is 0 Å². The first-order chi connectivity index (χ1) is 8.28. The van der Waals surface area contributed by atoms with Crippen molar-refractivity contribution in [2.75, 3.05) is 19.7 Å². The number of rotatable bonds is 4. The lowest BCUT2D eigenvalue weighted by molar-refractivity contribution is 0.0382. The summed E-state index contributed by atoms with van der Waals surface area (Å²) in [6, 6.07) is 4.15. The molecule has 1 saturated heterocycles. The van der Waals surface area contributed by atoms with Crippen LogP contribution in [0.15, 0.2) is 24.5 Å². The van der Waals surface area contributed by atoms with E-state index in [0.29, 0.717) is 6.61 Å². The molecule has 1 N–H and O–H groups in total. The van der Waals surface area contributed by atoms with Gasteiger partial charge in [-0.2, -0.15) is 0 Å². The summed E-state index contributed by atoms with van der Waals surface area (Å²) < 4.78 is 0. The molecular formula is C14H22N2O. The molecule has 1 aromatic heterocycles. The zero-order valence-electron chi connectivity index (χ0n) is 10.6. The van der Waals surface area contributed by atoms with Crippen LogP contribution in [-0.4, -0.2) is 34.7 Å². The molecule has 1 aliphatic rings. The van der Waals surface area contributed by atoms with Crippen molar-refractivity contribution in [3.63, 3.8) is 0 Å². The lowest BCUT2D eigenvalue weighted by Crippen LogP contribution is -2.41. The molecular weight excluding hydrogens is 212 g/mol. The third-order valence-corrected chi connectivity index (χ3v) is 4.16. The van der Waals surface area contributed by atoms with Gasteiger partial charge in [-0.3, -0.25) is 9.88 Å². The third-order valence-electron chi connectivity index (χ3n) is 4.16. The summed E-state index contributed by atoms with van der Waals surface area (Å²) in [4.78, 5) is 6.51. The Hall–Kier alpha value is -0.930. The zero-order chi connectivity index (χ0) is 12.1. The molecule has 0 atom stereocenters. The van der Waals surface area contributed by atoms with Gasteiger partial charge < -0.3 is 5.11 Å². The molecule has 3 nitrogen and oxygen atoms in total. The van der Waals surface area contributed by atoms with E-state index >= 15 is 0 Å². The van der Waals surface area contributed by atoms with Crippen molar-refractivity contribution < 1.29 is 5.11 Å². The summed E-state index contributed by atoms with van der Waals surface area (Å²) in [5.74, 6) is 0. The lowest BCUT2D eigenvalue weighted by Gasteiger charge is -2.40. The van der Waals surface area contributed by atoms with Crippen molar-refractivity contribution in [1.29, 1.82) is 0 Å². The average Bonchev–Trinajstić information content (AvgIpc) is 2.41. The normalized spacial score (nSPS) is 20.4. The summed E-state index contributed by atoms with van der Waals surface area (Å²) >= 11 is 0. The molecule has 0 aromatic carbocycles. The Morgan fingerprint density at radius 3 is 2.47 bits per heavy atom. The van der Waals surface area contributed by atoms with E-state index in [9.17, 15) is 5.11 Å². The van der Waals surface area contributed by atoms with E-state index in [1.165, 1.54) is 5.56 Å². The third kappa shape index (κ3) is 3.05. The first-order valence-corrected chi connectivity index (χ1v) is 6.50. The Balaban J connectivity index is 1.87. The molecule has 2 heterocycles. The van der Waals surface area contributed by atoms with Crippen LogP contribution in [0.2, 0.25) is 0 Å². The molecule has 2 rings (SSSR count). The highest BCUT2D eigenvalue weighted by atomic mass is 16.3. The van der Waals surface area contributed by atoms with Gasteiger partial charge in [0.05, 0.1) is 0 Å². The maximum absolute atomic E-state index is 9.49. The minimum atomic E-state index is 0.189. The quantitative estimate of drug-likeness (QED) is 0.866.